The molecule has 632 valence electrons. The van der Waals surface area contributed by atoms with Crippen molar-refractivity contribution in [1.29, 1.82) is 0 Å². The number of para-hydroxylation sites is 2. The van der Waals surface area contributed by atoms with E-state index in [1.165, 1.54) is 24.3 Å². The standard InChI is InChI=1S/C40H47N3O6S.C37H44N2O7S.C3H5N.4O3S/c1-7-10-23-43-33-20-19-27(50(47,48)49)24-31(33)40(6,21-15-11-12-18-36(44)41-22-8-2)35(43)26-29-37(45)28(38(29)46)25-34-39(4,5)30-16-13-14-17-32(30)42(34)9-3;1-6-8-20-39-30-18-17-24(47(44,45)46)21-28(30)37(5,19-13-9-10-16-33(40)41)32(39)23-26-34(42)25(35(26)43)22-31-36(3,4)27-14-11-12-15-29(27)38(31)7-2;1-2-3-4;4*1-4(2)3/h2,13-14,16-17,19-20,24-26H,7,9-12,15,18,21-23H2,1,3-6H3,(H2-,41,44,45,46,47,48,49);11-12,14-15,17-18,21-23H,6-10,13,16,19-20H2,1-5H3,(H2-,40,41,42,43,44,45,46);1H,3-4H2;;;;. The van der Waals surface area contributed by atoms with E-state index in [1.54, 1.807) is 36.4 Å². The quantitative estimate of drug-likeness (QED) is 0.0130. The maximum atomic E-state index is 13.9. The highest BCUT2D eigenvalue weighted by molar-refractivity contribution is 7.86. The predicted molar refractivity (Wildman–Crippen MR) is 430 cm³/mol. The number of carboxylic acids is 1. The van der Waals surface area contributed by atoms with Gasteiger partial charge in [-0.2, -0.15) is 26.0 Å². The minimum absolute atomic E-state index is 0.0535. The Labute approximate surface area is 688 Å². The highest BCUT2D eigenvalue weighted by Crippen LogP contribution is 2.55. The van der Waals surface area contributed by atoms with Crippen LogP contribution in [-0.4, -0.2) is 165 Å². The molecule has 4 aromatic carbocycles. The summed E-state index contributed by atoms with van der Waals surface area (Å²) in [5.41, 5.74) is 13.5. The summed E-state index contributed by atoms with van der Waals surface area (Å²) in [4.78, 5) is 54.5. The third-order valence-electron chi connectivity index (χ3n) is 20.5. The van der Waals surface area contributed by atoms with E-state index >= 15 is 0 Å². The van der Waals surface area contributed by atoms with Crippen LogP contribution in [0, 0.1) is 24.7 Å². The van der Waals surface area contributed by atoms with Gasteiger partial charge in [0.1, 0.15) is 13.1 Å². The molecule has 37 heteroatoms. The summed E-state index contributed by atoms with van der Waals surface area (Å²) in [7, 11) is -21.4. The number of nitrogens with two attached hydrogens (primary N) is 1. The first-order valence-corrected chi connectivity index (χ1v) is 43.8. The smallest absolute Gasteiger partial charge is 0.425 e. The number of fused-ring (bicyclic) bond motifs is 4. The van der Waals surface area contributed by atoms with Gasteiger partial charge in [0.25, 0.3) is 20.2 Å². The minimum Gasteiger partial charge on any atom is -0.871 e. The van der Waals surface area contributed by atoms with Crippen LogP contribution >= 0.6 is 0 Å². The average Bonchev–Trinajstić information content (AvgIpc) is 1.59. The maximum absolute atomic E-state index is 13.9. The van der Waals surface area contributed by atoms with Crippen molar-refractivity contribution in [3.63, 3.8) is 0 Å². The van der Waals surface area contributed by atoms with Crippen molar-refractivity contribution in [2.24, 2.45) is 5.73 Å². The molecule has 31 nitrogen and oxygen atoms in total. The van der Waals surface area contributed by atoms with Crippen LogP contribution in [0.25, 0.3) is 0 Å². The van der Waals surface area contributed by atoms with Gasteiger partial charge >= 0.3 is 48.4 Å². The molecule has 1 amide bonds. The molecule has 0 radical (unpaired) electrons. The number of carbonyl (C=O) groups is 4. The number of amides is 1. The van der Waals surface area contributed by atoms with E-state index in [9.17, 15) is 55.3 Å². The van der Waals surface area contributed by atoms with E-state index in [0.717, 1.165) is 88.8 Å². The lowest BCUT2D eigenvalue weighted by Gasteiger charge is -2.34. The summed E-state index contributed by atoms with van der Waals surface area (Å²) >= 11 is 0. The number of Topliss-reactive ketones (excluding diaryl/α,β-unsaturated/α-hetero) is 2. The van der Waals surface area contributed by atoms with Crippen molar-refractivity contribution < 1.29 is 120 Å². The highest BCUT2D eigenvalue weighted by atomic mass is 32.2. The number of nitrogens with one attached hydrogen (secondary N) is 1. The Morgan fingerprint density at radius 3 is 1.16 bits per heavy atom. The normalized spacial score (nSPS) is 18.8. The van der Waals surface area contributed by atoms with E-state index in [4.69, 9.17) is 67.8 Å². The molecule has 6 aliphatic rings. The Bertz CT molecular complexity index is 5460. The molecule has 2 unspecified atom stereocenters. The van der Waals surface area contributed by atoms with Crippen LogP contribution in [0.2, 0.25) is 0 Å². The molecule has 4 aliphatic heterocycles. The number of carbonyl (C=O) groups excluding carboxylic acids is 3. The number of benzene rings is 4. The van der Waals surface area contributed by atoms with Gasteiger partial charge in [0.2, 0.25) is 17.3 Å². The fourth-order valence-corrected chi connectivity index (χ4v) is 15.9. The lowest BCUT2D eigenvalue weighted by atomic mass is 9.75. The number of carboxylic acid groups (broad SMARTS) is 1. The van der Waals surface area contributed by atoms with Crippen LogP contribution in [-0.2, 0) is 104 Å². The molecule has 0 spiro atoms. The largest absolute Gasteiger partial charge is 0.871 e. The number of unbranched alkanes of at least 4 members (excludes halogenated alkanes) is 6. The highest BCUT2D eigenvalue weighted by Gasteiger charge is 2.50. The fourth-order valence-electron chi connectivity index (χ4n) is 14.9. The Kier molecular flexibility index (Phi) is 36.9. The van der Waals surface area contributed by atoms with Crippen LogP contribution in [0.1, 0.15) is 181 Å². The van der Waals surface area contributed by atoms with E-state index in [1.807, 2.05) is 52.0 Å². The van der Waals surface area contributed by atoms with Gasteiger partial charge in [-0.1, -0.05) is 112 Å². The van der Waals surface area contributed by atoms with Crippen LogP contribution in [0.15, 0.2) is 164 Å². The molecule has 6 N–H and O–H groups in total. The molecule has 10 rings (SSSR count). The first-order valence-electron chi connectivity index (χ1n) is 36.9. The summed E-state index contributed by atoms with van der Waals surface area (Å²) in [5, 5.41) is 39.4. The minimum atomic E-state index is -4.49. The van der Waals surface area contributed by atoms with Crippen molar-refractivity contribution in [3.8, 4) is 24.7 Å². The number of anilines is 2. The number of allylic oxidation sites excluding steroid dienone is 10. The summed E-state index contributed by atoms with van der Waals surface area (Å²) in [6.45, 7) is 23.7. The molecule has 117 heavy (non-hydrogen) atoms. The molecule has 0 bridgehead atoms. The summed E-state index contributed by atoms with van der Waals surface area (Å²) in [6, 6.07) is 25.4. The van der Waals surface area contributed by atoms with Crippen molar-refractivity contribution in [1.82, 2.24) is 5.32 Å². The lowest BCUT2D eigenvalue weighted by Crippen LogP contribution is -2.35. The third-order valence-corrected chi connectivity index (χ3v) is 22.2. The zero-order chi connectivity index (χ0) is 88.5. The second-order valence-electron chi connectivity index (χ2n) is 28.6. The van der Waals surface area contributed by atoms with E-state index in [2.05, 4.69) is 108 Å². The zero-order valence-electron chi connectivity index (χ0n) is 66.3. The van der Waals surface area contributed by atoms with Gasteiger partial charge in [-0.15, -0.1) is 63.4 Å². The molecule has 4 heterocycles. The summed E-state index contributed by atoms with van der Waals surface area (Å²) in [5.74, 6) is 2.34. The Balaban J connectivity index is 0.000000400. The third kappa shape index (κ3) is 25.0. The van der Waals surface area contributed by atoms with Gasteiger partial charge in [0, 0.05) is 117 Å². The Morgan fingerprint density at radius 1 is 0.521 bits per heavy atom. The monoisotopic (exact) mass is 1730 g/mol. The van der Waals surface area contributed by atoms with Gasteiger partial charge in [-0.3, -0.25) is 28.3 Å². The van der Waals surface area contributed by atoms with Crippen LogP contribution in [0.5, 0.6) is 0 Å². The molecule has 0 saturated carbocycles. The Hall–Kier alpha value is -10.5. The predicted octanol–water partition coefficient (Wildman–Crippen LogP) is 7.13. The van der Waals surface area contributed by atoms with E-state index < -0.39 is 90.3 Å². The number of aliphatic carboxylic acids is 1. The molecular weight excluding hydrogens is 1640 g/mol. The van der Waals surface area contributed by atoms with Gasteiger partial charge in [-0.05, 0) is 154 Å². The summed E-state index contributed by atoms with van der Waals surface area (Å²) < 4.78 is 174. The number of rotatable bonds is 27. The van der Waals surface area contributed by atoms with Gasteiger partial charge < -0.3 is 36.2 Å². The Morgan fingerprint density at radius 2 is 0.863 bits per heavy atom. The van der Waals surface area contributed by atoms with Gasteiger partial charge in [0.15, 0.2) is 23.0 Å². The van der Waals surface area contributed by atoms with E-state index in [0.29, 0.717) is 95.2 Å². The molecule has 2 aliphatic carbocycles. The zero-order valence-corrected chi connectivity index (χ0v) is 71.2. The van der Waals surface area contributed by atoms with Gasteiger partial charge in [-0.25, -0.2) is 0 Å². The van der Waals surface area contributed by atoms with Crippen LogP contribution < -0.4 is 31.1 Å². The van der Waals surface area contributed by atoms with Gasteiger partial charge in [0.05, 0.1) is 33.7 Å². The fraction of sp³-hybridized carbons (Fsp3) is 0.425. The summed E-state index contributed by atoms with van der Waals surface area (Å²) in [6.07, 6.45) is 25.5. The SMILES string of the molecule is C#CCN.C#CCNC(=O)CCCCCC1(C)C(=CC2=C([O-])C(=CC3=[N+](CC)c4ccccc4C3(C)C)C2=O)N(CCCC)c2ccc(S(=O)(=O)O)cc21.CCCCN1C(=CC2=C([O-])C(=CC3=[N+](CC)c4ccccc4C3(C)C)C2=O)C(C)(CCCCCC(=O)O)c2cc(S(=O)(=O)O)ccc21.O=S(=O)=O.O=S(=O)=O.O=S(=O)=O.O=S(=O)=O. The molecule has 4 aromatic rings. The molecule has 0 fully saturated rings. The topological polar surface area (TPSA) is 499 Å². The number of hydrogen-bond acceptors (Lipinski definition) is 25. The second-order valence-corrected chi connectivity index (χ2v) is 33.0. The van der Waals surface area contributed by atoms with Crippen molar-refractivity contribution in [2.45, 2.75) is 191 Å². The first-order chi connectivity index (χ1) is 54.7. The van der Waals surface area contributed by atoms with Crippen LogP contribution in [0.3, 0.4) is 0 Å². The van der Waals surface area contributed by atoms with Crippen molar-refractivity contribution in [3.05, 3.63) is 177 Å². The number of hydrogen-bond donors (Lipinski definition) is 5. The number of terminal acetylenes is 2. The first kappa shape index (κ1) is 98.9. The molecular formula is C80H96N6O25S6. The molecule has 0 aromatic heterocycles. The van der Waals surface area contributed by atoms with Crippen molar-refractivity contribution in [2.75, 3.05) is 49.1 Å². The van der Waals surface area contributed by atoms with E-state index in [-0.39, 0.29) is 74.0 Å². The number of ketones is 2. The van der Waals surface area contributed by atoms with Crippen LogP contribution in [0.4, 0.5) is 22.7 Å². The average molecular weight is 1730 g/mol. The van der Waals surface area contributed by atoms with Crippen molar-refractivity contribution >= 4 is 120 Å². The number of nitrogens with zero attached hydrogens (tertiary/aromatic N) is 4. The molecule has 2 atom stereocenters. The maximum Gasteiger partial charge on any atom is 0.425 e. The lowest BCUT2D eigenvalue weighted by molar-refractivity contribution is -0.433. The second kappa shape index (κ2) is 43.6. The molecule has 0 saturated heterocycles.